The Bertz CT molecular complexity index is 1570. The Hall–Kier alpha value is -2.98. The van der Waals surface area contributed by atoms with Gasteiger partial charge >= 0.3 is 0 Å². The SMILES string of the molecule is Cc1noc(C)c1S(=O)(=O)Nc1ccc2c(c1)C(=O)N([C@H](C)CO)C[C@H](C)[C@@H](CN(C)S(=O)(=O)c1cccs1)O2. The zero-order valence-electron chi connectivity index (χ0n) is 22.7. The molecule has 40 heavy (non-hydrogen) atoms. The van der Waals surface area contributed by atoms with E-state index < -0.39 is 38.1 Å². The summed E-state index contributed by atoms with van der Waals surface area (Å²) < 4.78 is 67.4. The molecule has 0 bridgehead atoms. The molecule has 218 valence electrons. The number of aliphatic hydroxyl groups is 1. The number of carbonyl (C=O) groups is 1. The molecule has 12 nitrogen and oxygen atoms in total. The molecule has 1 aliphatic rings. The van der Waals surface area contributed by atoms with Crippen molar-refractivity contribution < 1.29 is 36.0 Å². The van der Waals surface area contributed by atoms with Crippen LogP contribution in [0.2, 0.25) is 0 Å². The van der Waals surface area contributed by atoms with E-state index >= 15 is 0 Å². The quantitative estimate of drug-likeness (QED) is 0.370. The van der Waals surface area contributed by atoms with Gasteiger partial charge in [0.05, 0.1) is 24.8 Å². The van der Waals surface area contributed by atoms with Gasteiger partial charge in [-0.3, -0.25) is 9.52 Å². The van der Waals surface area contributed by atoms with Crippen molar-refractivity contribution in [1.82, 2.24) is 14.4 Å². The number of carbonyl (C=O) groups excluding carboxylic acids is 1. The van der Waals surface area contributed by atoms with Crippen LogP contribution in [0.1, 0.15) is 35.7 Å². The number of hydrogen-bond donors (Lipinski definition) is 2. The molecule has 2 N–H and O–H groups in total. The Kier molecular flexibility index (Phi) is 8.61. The molecule has 3 atom stereocenters. The van der Waals surface area contributed by atoms with Gasteiger partial charge in [0.15, 0.2) is 10.7 Å². The average Bonchev–Trinajstić information content (AvgIpc) is 3.56. The molecule has 2 aromatic heterocycles. The number of hydrogen-bond acceptors (Lipinski definition) is 10. The third kappa shape index (κ3) is 5.88. The summed E-state index contributed by atoms with van der Waals surface area (Å²) in [6.45, 7) is 6.40. The number of sulfonamides is 2. The molecule has 0 radical (unpaired) electrons. The lowest BCUT2D eigenvalue weighted by atomic mass is 9.99. The lowest BCUT2D eigenvalue weighted by Crippen LogP contribution is -2.50. The van der Waals surface area contributed by atoms with Gasteiger partial charge in [-0.1, -0.05) is 18.1 Å². The van der Waals surface area contributed by atoms with Crippen LogP contribution in [0.25, 0.3) is 0 Å². The molecular formula is C25H32N4O8S3. The first-order chi connectivity index (χ1) is 18.8. The molecule has 0 aliphatic carbocycles. The number of likely N-dealkylation sites (N-methyl/N-ethyl adjacent to an activating group) is 1. The Morgan fingerprint density at radius 3 is 2.58 bits per heavy atom. The molecular weight excluding hydrogens is 580 g/mol. The molecule has 3 heterocycles. The fourth-order valence-corrected chi connectivity index (χ4v) is 8.25. The standard InChI is InChI=1S/C25H32N4O8S3/c1-15-12-29(16(2)14-30)25(31)20-11-19(27-39(32,33)24-17(3)26-37-18(24)4)8-9-21(20)36-22(15)13-28(5)40(34,35)23-7-6-10-38-23/h6-11,15-16,22,27,30H,12-14H2,1-5H3/t15-,16+,22+/m0/s1. The van der Waals surface area contributed by atoms with E-state index in [2.05, 4.69) is 9.88 Å². The van der Waals surface area contributed by atoms with Gasteiger partial charge in [0, 0.05) is 25.2 Å². The number of ether oxygens (including phenoxy) is 1. The summed E-state index contributed by atoms with van der Waals surface area (Å²) in [7, 11) is -6.37. The third-order valence-corrected chi connectivity index (χ3v) is 11.6. The Morgan fingerprint density at radius 1 is 1.25 bits per heavy atom. The highest BCUT2D eigenvalue weighted by Gasteiger charge is 2.36. The lowest BCUT2D eigenvalue weighted by molar-refractivity contribution is 0.0387. The maximum Gasteiger partial charge on any atom is 0.267 e. The monoisotopic (exact) mass is 612 g/mol. The first kappa shape index (κ1) is 30.0. The van der Waals surface area contributed by atoms with Crippen molar-refractivity contribution >= 4 is 43.0 Å². The molecule has 0 saturated heterocycles. The zero-order chi connectivity index (χ0) is 29.4. The lowest BCUT2D eigenvalue weighted by Gasteiger charge is -2.38. The highest BCUT2D eigenvalue weighted by Crippen LogP contribution is 2.32. The van der Waals surface area contributed by atoms with Crippen LogP contribution in [0.5, 0.6) is 5.75 Å². The second-order valence-corrected chi connectivity index (χ2v) is 14.6. The van der Waals surface area contributed by atoms with E-state index in [9.17, 15) is 26.7 Å². The molecule has 4 rings (SSSR count). The van der Waals surface area contributed by atoms with Crippen LogP contribution in [-0.2, 0) is 20.0 Å². The van der Waals surface area contributed by atoms with Gasteiger partial charge in [-0.2, -0.15) is 4.31 Å². The molecule has 0 fully saturated rings. The summed E-state index contributed by atoms with van der Waals surface area (Å²) in [4.78, 5) is 15.1. The van der Waals surface area contributed by atoms with Gasteiger partial charge in [0.1, 0.15) is 21.8 Å². The van der Waals surface area contributed by atoms with Crippen molar-refractivity contribution in [3.05, 3.63) is 52.7 Å². The smallest absolute Gasteiger partial charge is 0.267 e. The minimum Gasteiger partial charge on any atom is -0.488 e. The number of thiophene rings is 1. The van der Waals surface area contributed by atoms with Gasteiger partial charge in [0.2, 0.25) is 0 Å². The average molecular weight is 613 g/mol. The summed E-state index contributed by atoms with van der Waals surface area (Å²) in [5.74, 6) is -0.486. The van der Waals surface area contributed by atoms with E-state index in [0.29, 0.717) is 0 Å². The first-order valence-corrected chi connectivity index (χ1v) is 16.2. The molecule has 0 saturated carbocycles. The van der Waals surface area contributed by atoms with Crippen molar-refractivity contribution in [2.45, 2.75) is 48.9 Å². The van der Waals surface area contributed by atoms with Gasteiger partial charge in [-0.25, -0.2) is 16.8 Å². The molecule has 1 aliphatic heterocycles. The van der Waals surface area contributed by atoms with Crippen LogP contribution in [0.15, 0.2) is 49.3 Å². The van der Waals surface area contributed by atoms with E-state index in [0.717, 1.165) is 11.3 Å². The minimum atomic E-state index is -4.08. The van der Waals surface area contributed by atoms with E-state index in [1.54, 1.807) is 18.4 Å². The van der Waals surface area contributed by atoms with Crippen LogP contribution in [0.3, 0.4) is 0 Å². The predicted octanol–water partition coefficient (Wildman–Crippen LogP) is 2.69. The minimum absolute atomic E-state index is 0.00317. The van der Waals surface area contributed by atoms with Crippen LogP contribution < -0.4 is 9.46 Å². The van der Waals surface area contributed by atoms with Gasteiger partial charge in [-0.15, -0.1) is 11.3 Å². The van der Waals surface area contributed by atoms with Crippen molar-refractivity contribution in [2.24, 2.45) is 5.92 Å². The number of benzene rings is 1. The number of aromatic nitrogens is 1. The normalized spacial score (nSPS) is 19.1. The van der Waals surface area contributed by atoms with Crippen molar-refractivity contribution in [3.8, 4) is 5.75 Å². The Morgan fingerprint density at radius 2 is 1.98 bits per heavy atom. The number of fused-ring (bicyclic) bond motifs is 1. The van der Waals surface area contributed by atoms with Crippen LogP contribution in [-0.4, -0.2) is 81.1 Å². The molecule has 3 aromatic rings. The van der Waals surface area contributed by atoms with Crippen LogP contribution in [0, 0.1) is 19.8 Å². The molecule has 0 spiro atoms. The van der Waals surface area contributed by atoms with Gasteiger partial charge in [0.25, 0.3) is 26.0 Å². The number of aryl methyl sites for hydroxylation is 2. The van der Waals surface area contributed by atoms with Crippen molar-refractivity contribution in [1.29, 1.82) is 0 Å². The second kappa shape index (κ2) is 11.5. The van der Waals surface area contributed by atoms with Crippen LogP contribution >= 0.6 is 11.3 Å². The number of rotatable bonds is 9. The number of anilines is 1. The molecule has 0 unspecified atom stereocenters. The maximum absolute atomic E-state index is 13.7. The largest absolute Gasteiger partial charge is 0.488 e. The third-order valence-electron chi connectivity index (χ3n) is 6.75. The number of aliphatic hydroxyl groups excluding tert-OH is 1. The van der Waals surface area contributed by atoms with E-state index in [1.807, 2.05) is 6.92 Å². The molecule has 1 aromatic carbocycles. The van der Waals surface area contributed by atoms with Crippen molar-refractivity contribution in [3.63, 3.8) is 0 Å². The predicted molar refractivity (Wildman–Crippen MR) is 149 cm³/mol. The van der Waals surface area contributed by atoms with Gasteiger partial charge < -0.3 is 19.3 Å². The molecule has 15 heteroatoms. The zero-order valence-corrected chi connectivity index (χ0v) is 25.1. The van der Waals surface area contributed by atoms with E-state index in [4.69, 9.17) is 9.26 Å². The number of nitrogens with zero attached hydrogens (tertiary/aromatic N) is 3. The van der Waals surface area contributed by atoms with Crippen molar-refractivity contribution in [2.75, 3.05) is 31.5 Å². The highest BCUT2D eigenvalue weighted by atomic mass is 32.2. The number of amides is 1. The van der Waals surface area contributed by atoms with Gasteiger partial charge in [-0.05, 0) is 50.4 Å². The summed E-state index contributed by atoms with van der Waals surface area (Å²) in [6, 6.07) is 6.92. The Balaban J connectivity index is 1.70. The fraction of sp³-hybridized carbons (Fsp3) is 0.440. The fourth-order valence-electron chi connectivity index (χ4n) is 4.48. The second-order valence-electron chi connectivity index (χ2n) is 9.81. The summed E-state index contributed by atoms with van der Waals surface area (Å²) in [5, 5.41) is 15.3. The first-order valence-electron chi connectivity index (χ1n) is 12.4. The van der Waals surface area contributed by atoms with E-state index in [-0.39, 0.29) is 63.2 Å². The topological polar surface area (TPSA) is 159 Å². The van der Waals surface area contributed by atoms with E-state index in [1.165, 1.54) is 54.4 Å². The molecule has 1 amide bonds. The highest BCUT2D eigenvalue weighted by molar-refractivity contribution is 7.92. The Labute approximate surface area is 237 Å². The summed E-state index contributed by atoms with van der Waals surface area (Å²) >= 11 is 1.11. The summed E-state index contributed by atoms with van der Waals surface area (Å²) in [6.07, 6.45) is -0.662. The summed E-state index contributed by atoms with van der Waals surface area (Å²) in [5.41, 5.74) is 0.367. The maximum atomic E-state index is 13.7. The van der Waals surface area contributed by atoms with Crippen LogP contribution in [0.4, 0.5) is 5.69 Å². The number of nitrogens with one attached hydrogen (secondary N) is 1.